The predicted molar refractivity (Wildman–Crippen MR) is 195 cm³/mol. The summed E-state index contributed by atoms with van der Waals surface area (Å²) in [6.07, 6.45) is 0. The van der Waals surface area contributed by atoms with Crippen LogP contribution in [0.2, 0.25) is 0 Å². The second-order valence-electron chi connectivity index (χ2n) is 13.1. The average molecular weight is 625 g/mol. The molecule has 0 amide bonds. The average Bonchev–Trinajstić information content (AvgIpc) is 3.45. The molecule has 0 atom stereocenters. The first-order chi connectivity index (χ1) is 23.3. The standard InChI is InChI=1S/C43H33FN4/c1-43(2,3)31-21-24-39-36(26-31)35-19-10-11-20-38(35)48(39)33-22-23-34(30-17-12-18-32(44)25-30)37(27-33)42-46-40(28-13-6-4-7-14-28)45-41(47-42)29-15-8-5-9-16-29/h4-27H,1-3H3. The van der Waals surface area contributed by atoms with E-state index in [0.29, 0.717) is 17.5 Å². The lowest BCUT2D eigenvalue weighted by Crippen LogP contribution is -2.10. The Bertz CT molecular complexity index is 2380. The van der Waals surface area contributed by atoms with E-state index in [2.05, 4.69) is 86.0 Å². The Kier molecular flexibility index (Phi) is 7.18. The van der Waals surface area contributed by atoms with E-state index < -0.39 is 0 Å². The molecule has 0 aliphatic carbocycles. The van der Waals surface area contributed by atoms with Crippen molar-refractivity contribution >= 4 is 21.8 Å². The van der Waals surface area contributed by atoms with E-state index in [0.717, 1.165) is 44.5 Å². The molecule has 0 unspecified atom stereocenters. The summed E-state index contributed by atoms with van der Waals surface area (Å²) in [5, 5.41) is 2.39. The van der Waals surface area contributed by atoms with Gasteiger partial charge in [-0.25, -0.2) is 19.3 Å². The lowest BCUT2D eigenvalue weighted by Gasteiger charge is -2.19. The van der Waals surface area contributed by atoms with Gasteiger partial charge in [0.25, 0.3) is 0 Å². The third-order valence-electron chi connectivity index (χ3n) is 8.88. The Morgan fingerprint density at radius 1 is 0.479 bits per heavy atom. The highest BCUT2D eigenvalue weighted by molar-refractivity contribution is 6.09. The largest absolute Gasteiger partial charge is 0.309 e. The second kappa shape index (κ2) is 11.7. The van der Waals surface area contributed by atoms with Gasteiger partial charge in [0.2, 0.25) is 0 Å². The molecule has 0 bridgehead atoms. The van der Waals surface area contributed by atoms with E-state index in [-0.39, 0.29) is 11.2 Å². The molecule has 0 aliphatic heterocycles. The van der Waals surface area contributed by atoms with Gasteiger partial charge in [0.15, 0.2) is 17.5 Å². The van der Waals surface area contributed by atoms with Crippen LogP contribution in [0.25, 0.3) is 72.8 Å². The number of para-hydroxylation sites is 1. The van der Waals surface area contributed by atoms with Crippen molar-refractivity contribution in [1.29, 1.82) is 0 Å². The van der Waals surface area contributed by atoms with Crippen molar-refractivity contribution in [3.8, 4) is 51.0 Å². The van der Waals surface area contributed by atoms with Crippen LogP contribution in [0.5, 0.6) is 0 Å². The molecule has 0 aliphatic rings. The Hall–Kier alpha value is -5.94. The van der Waals surface area contributed by atoms with Crippen LogP contribution in [0, 0.1) is 5.82 Å². The van der Waals surface area contributed by atoms with Crippen LogP contribution in [-0.4, -0.2) is 19.5 Å². The fraction of sp³-hybridized carbons (Fsp3) is 0.0930. The molecule has 2 heterocycles. The van der Waals surface area contributed by atoms with E-state index in [1.165, 1.54) is 22.4 Å². The smallest absolute Gasteiger partial charge is 0.164 e. The summed E-state index contributed by atoms with van der Waals surface area (Å²) in [6, 6.07) is 48.1. The van der Waals surface area contributed by atoms with Crippen molar-refractivity contribution in [2.24, 2.45) is 0 Å². The van der Waals surface area contributed by atoms with Crippen LogP contribution in [-0.2, 0) is 5.41 Å². The maximum absolute atomic E-state index is 14.7. The van der Waals surface area contributed by atoms with Gasteiger partial charge in [0.05, 0.1) is 11.0 Å². The molecule has 0 N–H and O–H groups in total. The maximum Gasteiger partial charge on any atom is 0.164 e. The number of nitrogens with zero attached hydrogens (tertiary/aromatic N) is 4. The quantitative estimate of drug-likeness (QED) is 0.191. The van der Waals surface area contributed by atoms with Gasteiger partial charge in [-0.2, -0.15) is 0 Å². The highest BCUT2D eigenvalue weighted by atomic mass is 19.1. The van der Waals surface area contributed by atoms with Crippen LogP contribution in [0.15, 0.2) is 146 Å². The minimum absolute atomic E-state index is 0.0166. The molecule has 2 aromatic heterocycles. The highest BCUT2D eigenvalue weighted by Gasteiger charge is 2.21. The first-order valence-electron chi connectivity index (χ1n) is 16.1. The number of fused-ring (bicyclic) bond motifs is 3. The summed E-state index contributed by atoms with van der Waals surface area (Å²) < 4.78 is 17.0. The van der Waals surface area contributed by atoms with E-state index in [1.807, 2.05) is 66.7 Å². The van der Waals surface area contributed by atoms with Gasteiger partial charge >= 0.3 is 0 Å². The molecule has 0 spiro atoms. The number of halogens is 1. The Morgan fingerprint density at radius 3 is 1.75 bits per heavy atom. The zero-order valence-corrected chi connectivity index (χ0v) is 27.0. The van der Waals surface area contributed by atoms with Crippen molar-refractivity contribution < 1.29 is 4.39 Å². The maximum atomic E-state index is 14.7. The summed E-state index contributed by atoms with van der Waals surface area (Å²) in [5.41, 5.74) is 8.62. The number of aromatic nitrogens is 4. The first-order valence-corrected chi connectivity index (χ1v) is 16.1. The van der Waals surface area contributed by atoms with Crippen LogP contribution >= 0.6 is 0 Å². The molecule has 4 nitrogen and oxygen atoms in total. The Morgan fingerprint density at radius 2 is 1.08 bits per heavy atom. The summed E-state index contributed by atoms with van der Waals surface area (Å²) in [7, 11) is 0. The molecule has 8 rings (SSSR count). The lowest BCUT2D eigenvalue weighted by atomic mass is 9.86. The van der Waals surface area contributed by atoms with Crippen LogP contribution in [0.4, 0.5) is 4.39 Å². The zero-order valence-electron chi connectivity index (χ0n) is 27.0. The van der Waals surface area contributed by atoms with Gasteiger partial charge in [-0.1, -0.05) is 124 Å². The molecule has 0 fully saturated rings. The fourth-order valence-corrected chi connectivity index (χ4v) is 6.41. The summed E-state index contributed by atoms with van der Waals surface area (Å²) in [6.45, 7) is 6.73. The van der Waals surface area contributed by atoms with Crippen LogP contribution in [0.1, 0.15) is 26.3 Å². The molecular formula is C43H33FN4. The third-order valence-corrected chi connectivity index (χ3v) is 8.88. The molecule has 0 radical (unpaired) electrons. The normalized spacial score (nSPS) is 11.8. The van der Waals surface area contributed by atoms with Gasteiger partial charge in [-0.05, 0) is 64.6 Å². The summed E-state index contributed by atoms with van der Waals surface area (Å²) in [4.78, 5) is 15.0. The molecule has 8 aromatic rings. The fourth-order valence-electron chi connectivity index (χ4n) is 6.41. The van der Waals surface area contributed by atoms with Crippen molar-refractivity contribution in [1.82, 2.24) is 19.5 Å². The SMILES string of the molecule is CC(C)(C)c1ccc2c(c1)c1ccccc1n2-c1ccc(-c2cccc(F)c2)c(-c2nc(-c3ccccc3)nc(-c3ccccc3)n2)c1. The van der Waals surface area contributed by atoms with E-state index in [4.69, 9.17) is 15.0 Å². The molecule has 5 heteroatoms. The van der Waals surface area contributed by atoms with E-state index in [9.17, 15) is 4.39 Å². The number of benzene rings is 6. The van der Waals surface area contributed by atoms with Crippen molar-refractivity contribution in [2.75, 3.05) is 0 Å². The molecule has 232 valence electrons. The summed E-state index contributed by atoms with van der Waals surface area (Å²) in [5.74, 6) is 1.35. The number of hydrogen-bond acceptors (Lipinski definition) is 3. The molecule has 0 saturated carbocycles. The number of hydrogen-bond donors (Lipinski definition) is 0. The summed E-state index contributed by atoms with van der Waals surface area (Å²) >= 11 is 0. The monoisotopic (exact) mass is 624 g/mol. The third kappa shape index (κ3) is 5.33. The van der Waals surface area contributed by atoms with Crippen molar-refractivity contribution in [2.45, 2.75) is 26.2 Å². The van der Waals surface area contributed by atoms with E-state index >= 15 is 0 Å². The van der Waals surface area contributed by atoms with Gasteiger partial charge in [-0.3, -0.25) is 0 Å². The Balaban J connectivity index is 1.42. The Labute approximate surface area is 279 Å². The first kappa shape index (κ1) is 29.5. The molecule has 0 saturated heterocycles. The van der Waals surface area contributed by atoms with Crippen LogP contribution in [0.3, 0.4) is 0 Å². The van der Waals surface area contributed by atoms with E-state index in [1.54, 1.807) is 12.1 Å². The molecular weight excluding hydrogens is 591 g/mol. The minimum atomic E-state index is -0.301. The highest BCUT2D eigenvalue weighted by Crippen LogP contribution is 2.39. The van der Waals surface area contributed by atoms with Gasteiger partial charge in [0, 0.05) is 33.2 Å². The van der Waals surface area contributed by atoms with Gasteiger partial charge in [0.1, 0.15) is 5.82 Å². The van der Waals surface area contributed by atoms with Gasteiger partial charge in [-0.15, -0.1) is 0 Å². The molecule has 48 heavy (non-hydrogen) atoms. The van der Waals surface area contributed by atoms with Crippen molar-refractivity contribution in [3.63, 3.8) is 0 Å². The second-order valence-corrected chi connectivity index (χ2v) is 13.1. The zero-order chi connectivity index (χ0) is 32.8. The topological polar surface area (TPSA) is 43.6 Å². The van der Waals surface area contributed by atoms with Gasteiger partial charge < -0.3 is 4.57 Å². The molecule has 6 aromatic carbocycles. The minimum Gasteiger partial charge on any atom is -0.309 e. The number of rotatable bonds is 5. The predicted octanol–water partition coefficient (Wildman–Crippen LogP) is 11.1. The lowest BCUT2D eigenvalue weighted by molar-refractivity contribution is 0.591. The van der Waals surface area contributed by atoms with Crippen LogP contribution < -0.4 is 0 Å². The van der Waals surface area contributed by atoms with Crippen molar-refractivity contribution in [3.05, 3.63) is 157 Å².